The van der Waals surface area contributed by atoms with Crippen molar-refractivity contribution in [2.75, 3.05) is 13.7 Å². The molecule has 6 nitrogen and oxygen atoms in total. The lowest BCUT2D eigenvalue weighted by molar-refractivity contribution is -0.145. The molecule has 1 saturated carbocycles. The fraction of sp³-hybridized carbons (Fsp3) is 0.917. The van der Waals surface area contributed by atoms with E-state index in [9.17, 15) is 13.2 Å². The first-order valence-electron chi connectivity index (χ1n) is 6.45. The molecule has 0 radical (unpaired) electrons. The average Bonchev–Trinajstić information content (AvgIpc) is 2.75. The van der Waals surface area contributed by atoms with Crippen LogP contribution in [0.3, 0.4) is 0 Å². The molecule has 0 heterocycles. The monoisotopic (exact) mass is 293 g/mol. The van der Waals surface area contributed by atoms with E-state index in [0.717, 1.165) is 0 Å². The Morgan fingerprint density at radius 3 is 2.58 bits per heavy atom. The molecule has 1 aliphatic rings. The summed E-state index contributed by atoms with van der Waals surface area (Å²) in [6.45, 7) is 3.33. The predicted molar refractivity (Wildman–Crippen MR) is 71.0 cm³/mol. The van der Waals surface area contributed by atoms with Gasteiger partial charge in [-0.15, -0.1) is 0 Å². The Hall–Kier alpha value is -0.660. The van der Waals surface area contributed by atoms with Crippen molar-refractivity contribution in [1.82, 2.24) is 4.72 Å². The molecule has 1 aliphatic carbocycles. The van der Waals surface area contributed by atoms with Gasteiger partial charge in [-0.3, -0.25) is 4.79 Å². The highest BCUT2D eigenvalue weighted by molar-refractivity contribution is 7.90. The van der Waals surface area contributed by atoms with Crippen LogP contribution in [0.15, 0.2) is 0 Å². The molecular weight excluding hydrogens is 270 g/mol. The van der Waals surface area contributed by atoms with E-state index in [-0.39, 0.29) is 6.61 Å². The summed E-state index contributed by atoms with van der Waals surface area (Å²) in [5, 5.41) is 8.20. The summed E-state index contributed by atoms with van der Waals surface area (Å²) in [6, 6.07) is 0. The van der Waals surface area contributed by atoms with E-state index in [4.69, 9.17) is 5.11 Å². The van der Waals surface area contributed by atoms with Crippen LogP contribution in [0, 0.1) is 5.92 Å². The van der Waals surface area contributed by atoms with Gasteiger partial charge in [0.15, 0.2) is 0 Å². The van der Waals surface area contributed by atoms with E-state index in [1.165, 1.54) is 7.11 Å². The smallest absolute Gasteiger partial charge is 0.310 e. The Labute approximate surface area is 114 Å². The van der Waals surface area contributed by atoms with Gasteiger partial charge in [-0.25, -0.2) is 13.1 Å². The molecule has 0 spiro atoms. The van der Waals surface area contributed by atoms with Gasteiger partial charge in [0, 0.05) is 12.1 Å². The highest BCUT2D eigenvalue weighted by Crippen LogP contribution is 2.32. The van der Waals surface area contributed by atoms with Crippen LogP contribution >= 0.6 is 0 Å². The van der Waals surface area contributed by atoms with Crippen LogP contribution in [0.1, 0.15) is 39.5 Å². The Morgan fingerprint density at radius 1 is 1.42 bits per heavy atom. The number of hydrogen-bond donors (Lipinski definition) is 2. The topological polar surface area (TPSA) is 92.7 Å². The van der Waals surface area contributed by atoms with Crippen LogP contribution in [0.4, 0.5) is 0 Å². The minimum Gasteiger partial charge on any atom is -0.469 e. The molecule has 2 unspecified atom stereocenters. The predicted octanol–water partition coefficient (Wildman–Crippen LogP) is 0.408. The van der Waals surface area contributed by atoms with E-state index in [2.05, 4.69) is 9.46 Å². The van der Waals surface area contributed by atoms with Crippen LogP contribution < -0.4 is 4.72 Å². The van der Waals surface area contributed by atoms with Crippen LogP contribution in [0.2, 0.25) is 0 Å². The Balaban J connectivity index is 2.85. The number of sulfonamides is 1. The van der Waals surface area contributed by atoms with Crippen molar-refractivity contribution in [3.05, 3.63) is 0 Å². The van der Waals surface area contributed by atoms with Gasteiger partial charge < -0.3 is 9.84 Å². The normalized spacial score (nSPS) is 24.4. The molecular formula is C12H23NO5S. The molecule has 7 heteroatoms. The number of aliphatic hydroxyl groups is 1. The van der Waals surface area contributed by atoms with E-state index in [1.807, 2.05) is 0 Å². The molecule has 2 N–H and O–H groups in total. The Kier molecular flexibility index (Phi) is 5.34. The second-order valence-corrected chi connectivity index (χ2v) is 7.50. The van der Waals surface area contributed by atoms with Crippen molar-refractivity contribution in [3.8, 4) is 0 Å². The second-order valence-electron chi connectivity index (χ2n) is 5.60. The van der Waals surface area contributed by atoms with Gasteiger partial charge in [0.1, 0.15) is 0 Å². The fourth-order valence-corrected chi connectivity index (χ4v) is 4.69. The molecule has 0 bridgehead atoms. The van der Waals surface area contributed by atoms with Crippen LogP contribution in [-0.4, -0.2) is 44.0 Å². The largest absolute Gasteiger partial charge is 0.469 e. The molecule has 0 aromatic carbocycles. The third kappa shape index (κ3) is 4.15. The lowest BCUT2D eigenvalue weighted by atomic mass is 10.0. The van der Waals surface area contributed by atoms with Gasteiger partial charge in [0.2, 0.25) is 10.0 Å². The standard InChI is InChI=1S/C12H23NO5S/c1-12(2,7-8-14)13-19(16,17)10-6-4-5-9(10)11(15)18-3/h9-10,13-14H,4-8H2,1-3H3. The zero-order chi connectivity index (χ0) is 14.7. The van der Waals surface area contributed by atoms with Crippen molar-refractivity contribution in [2.45, 2.75) is 50.3 Å². The molecule has 0 amide bonds. The number of aliphatic hydroxyl groups excluding tert-OH is 1. The molecule has 1 fully saturated rings. The third-order valence-corrected chi connectivity index (χ3v) is 5.71. The summed E-state index contributed by atoms with van der Waals surface area (Å²) in [6.07, 6.45) is 2.02. The Bertz CT molecular complexity index is 418. The average molecular weight is 293 g/mol. The fourth-order valence-electron chi connectivity index (χ4n) is 2.51. The van der Waals surface area contributed by atoms with Gasteiger partial charge in [-0.05, 0) is 33.1 Å². The summed E-state index contributed by atoms with van der Waals surface area (Å²) in [4.78, 5) is 11.6. The van der Waals surface area contributed by atoms with Crippen LogP contribution in [-0.2, 0) is 19.6 Å². The summed E-state index contributed by atoms with van der Waals surface area (Å²) in [5.41, 5.74) is -0.725. The maximum absolute atomic E-state index is 12.4. The zero-order valence-electron chi connectivity index (χ0n) is 11.7. The van der Waals surface area contributed by atoms with Gasteiger partial charge >= 0.3 is 5.97 Å². The van der Waals surface area contributed by atoms with Gasteiger partial charge in [0.05, 0.1) is 18.3 Å². The minimum absolute atomic E-state index is 0.0966. The maximum Gasteiger partial charge on any atom is 0.310 e. The maximum atomic E-state index is 12.4. The first-order valence-corrected chi connectivity index (χ1v) is 7.99. The third-order valence-electron chi connectivity index (χ3n) is 3.51. The molecule has 2 atom stereocenters. The van der Waals surface area contributed by atoms with Gasteiger partial charge in [-0.2, -0.15) is 0 Å². The highest BCUT2D eigenvalue weighted by Gasteiger charge is 2.43. The quantitative estimate of drug-likeness (QED) is 0.692. The van der Waals surface area contributed by atoms with Crippen LogP contribution in [0.25, 0.3) is 0 Å². The number of carbonyl (C=O) groups excluding carboxylic acids is 1. The number of esters is 1. The van der Waals surface area contributed by atoms with Crippen molar-refractivity contribution in [1.29, 1.82) is 0 Å². The van der Waals surface area contributed by atoms with Gasteiger partial charge in [-0.1, -0.05) is 6.42 Å². The number of hydrogen-bond acceptors (Lipinski definition) is 5. The first-order chi connectivity index (χ1) is 8.73. The summed E-state index contributed by atoms with van der Waals surface area (Å²) in [5.74, 6) is -1.06. The van der Waals surface area contributed by atoms with Crippen molar-refractivity contribution < 1.29 is 23.1 Å². The number of ether oxygens (including phenoxy) is 1. The number of rotatable bonds is 6. The second kappa shape index (κ2) is 6.19. The summed E-state index contributed by atoms with van der Waals surface area (Å²) < 4.78 is 32.0. The van der Waals surface area contributed by atoms with Gasteiger partial charge in [0.25, 0.3) is 0 Å². The van der Waals surface area contributed by atoms with E-state index < -0.39 is 32.7 Å². The lowest BCUT2D eigenvalue weighted by Gasteiger charge is -2.28. The molecule has 19 heavy (non-hydrogen) atoms. The molecule has 0 aromatic rings. The lowest BCUT2D eigenvalue weighted by Crippen LogP contribution is -2.49. The van der Waals surface area contributed by atoms with Crippen molar-refractivity contribution in [2.24, 2.45) is 5.92 Å². The summed E-state index contributed by atoms with van der Waals surface area (Å²) >= 11 is 0. The first kappa shape index (κ1) is 16.4. The number of carbonyl (C=O) groups is 1. The number of methoxy groups -OCH3 is 1. The van der Waals surface area contributed by atoms with E-state index >= 15 is 0 Å². The minimum atomic E-state index is -3.61. The SMILES string of the molecule is COC(=O)C1CCCC1S(=O)(=O)NC(C)(C)CCO. The molecule has 0 aromatic heterocycles. The Morgan fingerprint density at radius 2 is 2.05 bits per heavy atom. The van der Waals surface area contributed by atoms with Crippen molar-refractivity contribution >= 4 is 16.0 Å². The molecule has 0 aliphatic heterocycles. The van der Waals surface area contributed by atoms with Crippen LogP contribution in [0.5, 0.6) is 0 Å². The summed E-state index contributed by atoms with van der Waals surface area (Å²) in [7, 11) is -2.33. The van der Waals surface area contributed by atoms with E-state index in [1.54, 1.807) is 13.8 Å². The molecule has 0 saturated heterocycles. The molecule has 112 valence electrons. The van der Waals surface area contributed by atoms with Crippen molar-refractivity contribution in [3.63, 3.8) is 0 Å². The van der Waals surface area contributed by atoms with E-state index in [0.29, 0.717) is 25.7 Å². The zero-order valence-corrected chi connectivity index (χ0v) is 12.5. The highest BCUT2D eigenvalue weighted by atomic mass is 32.2. The molecule has 1 rings (SSSR count). The number of nitrogens with one attached hydrogen (secondary N) is 1.